The van der Waals surface area contributed by atoms with Crippen LogP contribution in [0.5, 0.6) is 17.2 Å². The molecule has 1 N–H and O–H groups in total. The fourth-order valence-corrected chi connectivity index (χ4v) is 4.06. The highest BCUT2D eigenvalue weighted by molar-refractivity contribution is 7.98. The highest BCUT2D eigenvalue weighted by Gasteiger charge is 2.31. The zero-order valence-electron chi connectivity index (χ0n) is 18.1. The number of hydrogen-bond donors (Lipinski definition) is 1. The molecule has 1 amide bonds. The van der Waals surface area contributed by atoms with Gasteiger partial charge in [0.05, 0.1) is 11.4 Å². The molecule has 0 unspecified atom stereocenters. The van der Waals surface area contributed by atoms with E-state index in [0.29, 0.717) is 33.7 Å². The Kier molecular flexibility index (Phi) is 6.33. The normalized spacial score (nSPS) is 12.4. The Morgan fingerprint density at radius 2 is 1.83 bits per heavy atom. The number of anilines is 1. The number of benzene rings is 2. The van der Waals surface area contributed by atoms with Gasteiger partial charge < -0.3 is 19.5 Å². The van der Waals surface area contributed by atoms with Crippen LogP contribution in [-0.2, 0) is 5.75 Å². The average molecular weight is 516 g/mol. The summed E-state index contributed by atoms with van der Waals surface area (Å²) in [6, 6.07) is 11.7. The Morgan fingerprint density at radius 1 is 1.08 bits per heavy atom. The lowest BCUT2D eigenvalue weighted by molar-refractivity contribution is -0.274. The molecule has 10 nitrogen and oxygen atoms in total. The third kappa shape index (κ3) is 5.33. The number of rotatable bonds is 7. The van der Waals surface area contributed by atoms with Crippen LogP contribution in [0, 0.1) is 0 Å². The molecule has 2 aromatic carbocycles. The van der Waals surface area contributed by atoms with Gasteiger partial charge in [-0.25, -0.2) is 14.6 Å². The van der Waals surface area contributed by atoms with Crippen molar-refractivity contribution in [3.8, 4) is 22.9 Å². The highest BCUT2D eigenvalue weighted by atomic mass is 32.2. The van der Waals surface area contributed by atoms with E-state index in [9.17, 15) is 18.0 Å². The number of ether oxygens (including phenoxy) is 3. The molecule has 0 spiro atoms. The zero-order chi connectivity index (χ0) is 25.1. The number of carbonyl (C=O) groups excluding carboxylic acids is 1. The van der Waals surface area contributed by atoms with Crippen molar-refractivity contribution < 1.29 is 32.2 Å². The first-order valence-corrected chi connectivity index (χ1v) is 11.3. The van der Waals surface area contributed by atoms with E-state index in [1.54, 1.807) is 36.7 Å². The predicted octanol–water partition coefficient (Wildman–Crippen LogP) is 4.23. The minimum Gasteiger partial charge on any atom is -0.454 e. The third-order valence-electron chi connectivity index (χ3n) is 4.80. The summed E-state index contributed by atoms with van der Waals surface area (Å²) < 4.78 is 53.4. The molecule has 0 aliphatic carbocycles. The van der Waals surface area contributed by atoms with Crippen LogP contribution in [0.1, 0.15) is 16.2 Å². The van der Waals surface area contributed by atoms with E-state index in [4.69, 9.17) is 9.47 Å². The number of aromatic nitrogens is 5. The SMILES string of the molecule is O=C(Nc1ccc2c(c1)OCO2)c1nnn(-c2ccc(OC(F)(F)F)cc2)c1CSc1ncccn1. The minimum atomic E-state index is -4.81. The van der Waals surface area contributed by atoms with Gasteiger partial charge in [-0.05, 0) is 42.5 Å². The first-order chi connectivity index (χ1) is 17.4. The third-order valence-corrected chi connectivity index (χ3v) is 5.69. The summed E-state index contributed by atoms with van der Waals surface area (Å²) in [4.78, 5) is 21.4. The number of amides is 1. The summed E-state index contributed by atoms with van der Waals surface area (Å²) in [5.74, 6) is 0.329. The number of carbonyl (C=O) groups is 1. The minimum absolute atomic E-state index is 0.0201. The van der Waals surface area contributed by atoms with E-state index in [1.807, 2.05) is 0 Å². The van der Waals surface area contributed by atoms with E-state index >= 15 is 0 Å². The van der Waals surface area contributed by atoms with Crippen LogP contribution in [0.3, 0.4) is 0 Å². The van der Waals surface area contributed by atoms with Crippen LogP contribution in [0.25, 0.3) is 5.69 Å². The van der Waals surface area contributed by atoms with Gasteiger partial charge in [0.1, 0.15) is 5.75 Å². The highest BCUT2D eigenvalue weighted by Crippen LogP contribution is 2.34. The van der Waals surface area contributed by atoms with Crippen LogP contribution in [0.4, 0.5) is 18.9 Å². The zero-order valence-corrected chi connectivity index (χ0v) is 18.9. The molecule has 0 radical (unpaired) electrons. The van der Waals surface area contributed by atoms with Gasteiger partial charge in [-0.3, -0.25) is 4.79 Å². The molecule has 36 heavy (non-hydrogen) atoms. The van der Waals surface area contributed by atoms with Gasteiger partial charge in [0.2, 0.25) is 6.79 Å². The predicted molar refractivity (Wildman–Crippen MR) is 120 cm³/mol. The van der Waals surface area contributed by atoms with E-state index in [1.165, 1.54) is 28.6 Å². The molecule has 2 aromatic heterocycles. The largest absolute Gasteiger partial charge is 0.573 e. The lowest BCUT2D eigenvalue weighted by atomic mass is 10.2. The van der Waals surface area contributed by atoms with Crippen LogP contribution >= 0.6 is 11.8 Å². The van der Waals surface area contributed by atoms with Gasteiger partial charge >= 0.3 is 6.36 Å². The maximum Gasteiger partial charge on any atom is 0.573 e. The molecule has 4 aromatic rings. The number of nitrogens with one attached hydrogen (secondary N) is 1. The average Bonchev–Trinajstić information content (AvgIpc) is 3.50. The lowest BCUT2D eigenvalue weighted by Gasteiger charge is -2.11. The van der Waals surface area contributed by atoms with E-state index in [0.717, 1.165) is 12.1 Å². The quantitative estimate of drug-likeness (QED) is 0.285. The number of fused-ring (bicyclic) bond motifs is 1. The molecule has 1 aliphatic heterocycles. The first-order valence-electron chi connectivity index (χ1n) is 10.3. The van der Waals surface area contributed by atoms with E-state index in [2.05, 4.69) is 30.3 Å². The van der Waals surface area contributed by atoms with Gasteiger partial charge in [0, 0.05) is 29.9 Å². The number of alkyl halides is 3. The summed E-state index contributed by atoms with van der Waals surface area (Å²) in [5, 5.41) is 11.3. The van der Waals surface area contributed by atoms with E-state index < -0.39 is 12.3 Å². The first kappa shape index (κ1) is 23.4. The van der Waals surface area contributed by atoms with Crippen molar-refractivity contribution in [1.29, 1.82) is 0 Å². The van der Waals surface area contributed by atoms with Crippen molar-refractivity contribution in [3.63, 3.8) is 0 Å². The number of nitrogens with zero attached hydrogens (tertiary/aromatic N) is 5. The van der Waals surface area contributed by atoms with Gasteiger partial charge in [0.15, 0.2) is 22.3 Å². The maximum absolute atomic E-state index is 13.1. The fourth-order valence-electron chi connectivity index (χ4n) is 3.26. The summed E-state index contributed by atoms with van der Waals surface area (Å²) in [6.07, 6.45) is -1.65. The van der Waals surface area contributed by atoms with Crippen molar-refractivity contribution in [2.75, 3.05) is 12.1 Å². The molecular weight excluding hydrogens is 501 g/mol. The van der Waals surface area contributed by atoms with Crippen molar-refractivity contribution in [2.24, 2.45) is 0 Å². The molecule has 5 rings (SSSR count). The molecule has 3 heterocycles. The van der Waals surface area contributed by atoms with Crippen molar-refractivity contribution in [1.82, 2.24) is 25.0 Å². The molecule has 0 fully saturated rings. The maximum atomic E-state index is 13.1. The Morgan fingerprint density at radius 3 is 2.58 bits per heavy atom. The standard InChI is InChI=1S/C22H15F3N6O4S/c23-22(24,25)35-15-5-3-14(4-6-15)31-16(11-36-21-26-8-1-9-27-21)19(29-30-31)20(32)28-13-2-7-17-18(10-13)34-12-33-17/h1-10H,11-12H2,(H,28,32). The van der Waals surface area contributed by atoms with Gasteiger partial charge in [-0.1, -0.05) is 17.0 Å². The van der Waals surface area contributed by atoms with E-state index in [-0.39, 0.29) is 24.0 Å². The summed E-state index contributed by atoms with van der Waals surface area (Å²) in [7, 11) is 0. The van der Waals surface area contributed by atoms with Gasteiger partial charge in [0.25, 0.3) is 5.91 Å². The number of halogens is 3. The van der Waals surface area contributed by atoms with Crippen LogP contribution in [0.15, 0.2) is 66.1 Å². The second kappa shape index (κ2) is 9.73. The number of thioether (sulfide) groups is 1. The Hall–Kier alpha value is -4.33. The molecule has 184 valence electrons. The molecule has 0 saturated carbocycles. The topological polar surface area (TPSA) is 113 Å². The molecule has 0 bridgehead atoms. The van der Waals surface area contributed by atoms with Crippen LogP contribution in [-0.4, -0.2) is 44.0 Å². The molecule has 0 saturated heterocycles. The van der Waals surface area contributed by atoms with Crippen molar-refractivity contribution in [3.05, 3.63) is 72.3 Å². The van der Waals surface area contributed by atoms with Crippen molar-refractivity contribution in [2.45, 2.75) is 17.3 Å². The summed E-state index contributed by atoms with van der Waals surface area (Å²) in [6.45, 7) is 0.0940. The lowest BCUT2D eigenvalue weighted by Crippen LogP contribution is -2.17. The van der Waals surface area contributed by atoms with Crippen LogP contribution < -0.4 is 19.5 Å². The monoisotopic (exact) mass is 516 g/mol. The van der Waals surface area contributed by atoms with Crippen LogP contribution in [0.2, 0.25) is 0 Å². The molecular formula is C22H15F3N6O4S. The second-order valence-electron chi connectivity index (χ2n) is 7.18. The second-order valence-corrected chi connectivity index (χ2v) is 8.12. The number of hydrogen-bond acceptors (Lipinski definition) is 9. The Labute approximate surface area is 205 Å². The molecule has 14 heteroatoms. The van der Waals surface area contributed by atoms with Gasteiger partial charge in [-0.15, -0.1) is 18.3 Å². The fraction of sp³-hybridized carbons (Fsp3) is 0.136. The molecule has 0 atom stereocenters. The van der Waals surface area contributed by atoms with Gasteiger partial charge in [-0.2, -0.15) is 0 Å². The summed E-state index contributed by atoms with van der Waals surface area (Å²) in [5.41, 5.74) is 1.24. The van der Waals surface area contributed by atoms with Crippen molar-refractivity contribution >= 4 is 23.4 Å². The smallest absolute Gasteiger partial charge is 0.454 e. The molecule has 1 aliphatic rings. The Bertz CT molecular complexity index is 1380. The summed E-state index contributed by atoms with van der Waals surface area (Å²) >= 11 is 1.24. The Balaban J connectivity index is 1.43.